The largest absolute Gasteiger partial charge is 0.392 e. The molecular weight excluding hydrogens is 204 g/mol. The number of nitrogens with zero attached hydrogens (tertiary/aromatic N) is 1. The van der Waals surface area contributed by atoms with Gasteiger partial charge in [-0.3, -0.25) is 4.79 Å². The first kappa shape index (κ1) is 10.1. The summed E-state index contributed by atoms with van der Waals surface area (Å²) in [6.07, 6.45) is 0. The van der Waals surface area contributed by atoms with Crippen molar-refractivity contribution in [1.82, 2.24) is 4.90 Å². The molecule has 1 amide bonds. The number of likely N-dealkylation sites (N-methyl/N-ethyl adjacent to an activating group) is 1. The maximum absolute atomic E-state index is 11.6. The Hall–Kier alpha value is -0.940. The van der Waals surface area contributed by atoms with E-state index in [1.54, 1.807) is 18.5 Å². The van der Waals surface area contributed by atoms with Gasteiger partial charge >= 0.3 is 0 Å². The van der Waals surface area contributed by atoms with Crippen LogP contribution in [0.5, 0.6) is 0 Å². The van der Waals surface area contributed by atoms with E-state index in [0.29, 0.717) is 17.1 Å². The Morgan fingerprint density at radius 2 is 2.46 bits per heavy atom. The molecule has 0 saturated heterocycles. The van der Waals surface area contributed by atoms with E-state index in [1.165, 1.54) is 16.2 Å². The summed E-state index contributed by atoms with van der Waals surface area (Å²) in [4.78, 5) is 13.4. The molecule has 0 aliphatic carbocycles. The predicted octanol–water partition coefficient (Wildman–Crippen LogP) is 1.11. The van der Waals surface area contributed by atoms with Crippen molar-refractivity contribution in [3.8, 4) is 0 Å². The van der Waals surface area contributed by atoms with Crippen LogP contribution in [-0.4, -0.2) is 29.4 Å². The molecule has 1 rings (SSSR count). The zero-order chi connectivity index (χ0) is 9.84. The highest BCUT2D eigenvalue weighted by molar-refractivity contribution is 7.80. The third-order valence-corrected chi connectivity index (χ3v) is 2.32. The number of thiocarbonyl (C=S) groups is 1. The van der Waals surface area contributed by atoms with E-state index in [-0.39, 0.29) is 5.91 Å². The molecule has 0 bridgehead atoms. The van der Waals surface area contributed by atoms with E-state index in [1.807, 2.05) is 5.38 Å². The second kappa shape index (κ2) is 4.34. The van der Waals surface area contributed by atoms with Gasteiger partial charge < -0.3 is 10.6 Å². The molecule has 0 radical (unpaired) electrons. The highest BCUT2D eigenvalue weighted by Gasteiger charge is 2.11. The van der Waals surface area contributed by atoms with Crippen LogP contribution in [0.15, 0.2) is 16.8 Å². The minimum Gasteiger partial charge on any atom is -0.392 e. The predicted molar refractivity (Wildman–Crippen MR) is 58.1 cm³/mol. The molecule has 0 unspecified atom stereocenters. The zero-order valence-corrected chi connectivity index (χ0v) is 8.82. The Labute approximate surface area is 86.2 Å². The van der Waals surface area contributed by atoms with E-state index in [4.69, 9.17) is 18.0 Å². The smallest absolute Gasteiger partial charge is 0.254 e. The molecule has 0 fully saturated rings. The minimum absolute atomic E-state index is 0.0472. The topological polar surface area (TPSA) is 46.3 Å². The first-order valence-electron chi connectivity index (χ1n) is 3.67. The minimum atomic E-state index is -0.0472. The van der Waals surface area contributed by atoms with Crippen molar-refractivity contribution in [3.63, 3.8) is 0 Å². The Morgan fingerprint density at radius 1 is 1.77 bits per heavy atom. The van der Waals surface area contributed by atoms with Crippen LogP contribution in [0.4, 0.5) is 0 Å². The summed E-state index contributed by atoms with van der Waals surface area (Å²) in [5, 5.41) is 3.67. The Bertz CT molecular complexity index is 308. The monoisotopic (exact) mass is 214 g/mol. The molecule has 1 aromatic heterocycles. The van der Waals surface area contributed by atoms with Crippen molar-refractivity contribution in [1.29, 1.82) is 0 Å². The summed E-state index contributed by atoms with van der Waals surface area (Å²) in [7, 11) is 1.68. The SMILES string of the molecule is CN(CC(N)=S)C(=O)c1ccsc1. The molecule has 1 aromatic rings. The van der Waals surface area contributed by atoms with Gasteiger partial charge in [-0.15, -0.1) is 0 Å². The molecule has 13 heavy (non-hydrogen) atoms. The zero-order valence-electron chi connectivity index (χ0n) is 7.19. The first-order valence-corrected chi connectivity index (χ1v) is 5.02. The standard InChI is InChI=1S/C8H10N2OS2/c1-10(4-7(9)12)8(11)6-2-3-13-5-6/h2-3,5H,4H2,1H3,(H2,9,12). The Balaban J connectivity index is 2.63. The molecule has 3 nitrogen and oxygen atoms in total. The average Bonchev–Trinajstić information content (AvgIpc) is 2.53. The Kier molecular flexibility index (Phi) is 3.39. The van der Waals surface area contributed by atoms with Gasteiger partial charge in [0.05, 0.1) is 17.1 Å². The van der Waals surface area contributed by atoms with Gasteiger partial charge in [-0.1, -0.05) is 12.2 Å². The van der Waals surface area contributed by atoms with Crippen LogP contribution in [0.2, 0.25) is 0 Å². The molecule has 0 aliphatic heterocycles. The number of amides is 1. The van der Waals surface area contributed by atoms with Crippen molar-refractivity contribution in [2.24, 2.45) is 5.73 Å². The number of hydrogen-bond donors (Lipinski definition) is 1. The van der Waals surface area contributed by atoms with Crippen molar-refractivity contribution >= 4 is 34.5 Å². The highest BCUT2D eigenvalue weighted by Crippen LogP contribution is 2.08. The fourth-order valence-electron chi connectivity index (χ4n) is 0.912. The van der Waals surface area contributed by atoms with E-state index in [0.717, 1.165) is 0 Å². The number of carbonyl (C=O) groups is 1. The Morgan fingerprint density at radius 3 is 2.92 bits per heavy atom. The number of thiophene rings is 1. The van der Waals surface area contributed by atoms with E-state index < -0.39 is 0 Å². The molecule has 1 heterocycles. The number of rotatable bonds is 3. The summed E-state index contributed by atoms with van der Waals surface area (Å²) in [5.41, 5.74) is 6.01. The fraction of sp³-hybridized carbons (Fsp3) is 0.250. The second-order valence-corrected chi connectivity index (χ2v) is 3.94. The molecule has 70 valence electrons. The summed E-state index contributed by atoms with van der Waals surface area (Å²) in [6, 6.07) is 1.78. The van der Waals surface area contributed by atoms with Crippen LogP contribution >= 0.6 is 23.6 Å². The maximum Gasteiger partial charge on any atom is 0.254 e. The van der Waals surface area contributed by atoms with Gasteiger partial charge in [0, 0.05) is 12.4 Å². The van der Waals surface area contributed by atoms with Crippen LogP contribution in [0.3, 0.4) is 0 Å². The van der Waals surface area contributed by atoms with Gasteiger partial charge in [0.15, 0.2) is 0 Å². The quantitative estimate of drug-likeness (QED) is 0.767. The van der Waals surface area contributed by atoms with Crippen LogP contribution < -0.4 is 5.73 Å². The van der Waals surface area contributed by atoms with Crippen LogP contribution in [0.25, 0.3) is 0 Å². The first-order chi connectivity index (χ1) is 6.11. The molecule has 0 aromatic carbocycles. The van der Waals surface area contributed by atoms with Gasteiger partial charge in [0.2, 0.25) is 0 Å². The van der Waals surface area contributed by atoms with Gasteiger partial charge in [-0.2, -0.15) is 11.3 Å². The normalized spacial score (nSPS) is 9.62. The van der Waals surface area contributed by atoms with E-state index in [2.05, 4.69) is 0 Å². The summed E-state index contributed by atoms with van der Waals surface area (Å²) >= 11 is 6.20. The van der Waals surface area contributed by atoms with Crippen LogP contribution in [0, 0.1) is 0 Å². The third-order valence-electron chi connectivity index (χ3n) is 1.51. The molecular formula is C8H10N2OS2. The molecule has 5 heteroatoms. The van der Waals surface area contributed by atoms with E-state index in [9.17, 15) is 4.79 Å². The van der Waals surface area contributed by atoms with Crippen molar-refractivity contribution in [2.75, 3.05) is 13.6 Å². The third kappa shape index (κ3) is 2.78. The second-order valence-electron chi connectivity index (χ2n) is 2.64. The van der Waals surface area contributed by atoms with Gasteiger partial charge in [-0.25, -0.2) is 0 Å². The van der Waals surface area contributed by atoms with Crippen molar-refractivity contribution in [3.05, 3.63) is 22.4 Å². The van der Waals surface area contributed by atoms with Gasteiger partial charge in [0.25, 0.3) is 5.91 Å². The molecule has 0 spiro atoms. The van der Waals surface area contributed by atoms with Crippen LogP contribution in [0.1, 0.15) is 10.4 Å². The van der Waals surface area contributed by atoms with Crippen molar-refractivity contribution in [2.45, 2.75) is 0 Å². The van der Waals surface area contributed by atoms with E-state index >= 15 is 0 Å². The molecule has 0 aliphatic rings. The molecule has 0 atom stereocenters. The molecule has 2 N–H and O–H groups in total. The lowest BCUT2D eigenvalue weighted by Crippen LogP contribution is -2.34. The summed E-state index contributed by atoms with van der Waals surface area (Å²) in [6.45, 7) is 0.323. The fourth-order valence-corrected chi connectivity index (χ4v) is 1.74. The number of hydrogen-bond acceptors (Lipinski definition) is 3. The average molecular weight is 214 g/mol. The molecule has 0 saturated carbocycles. The lowest BCUT2D eigenvalue weighted by atomic mass is 10.3. The summed E-state index contributed by atoms with van der Waals surface area (Å²) in [5.74, 6) is -0.0472. The summed E-state index contributed by atoms with van der Waals surface area (Å²) < 4.78 is 0. The number of nitrogens with two attached hydrogens (primary N) is 1. The number of carbonyl (C=O) groups excluding carboxylic acids is 1. The maximum atomic E-state index is 11.6. The van der Waals surface area contributed by atoms with Crippen LogP contribution in [-0.2, 0) is 0 Å². The van der Waals surface area contributed by atoms with Crippen molar-refractivity contribution < 1.29 is 4.79 Å². The van der Waals surface area contributed by atoms with Gasteiger partial charge in [-0.05, 0) is 11.4 Å². The highest BCUT2D eigenvalue weighted by atomic mass is 32.1. The lowest BCUT2D eigenvalue weighted by Gasteiger charge is -2.14. The van der Waals surface area contributed by atoms with Gasteiger partial charge in [0.1, 0.15) is 0 Å². The lowest BCUT2D eigenvalue weighted by molar-refractivity contribution is 0.0815.